The van der Waals surface area contributed by atoms with Crippen molar-refractivity contribution in [3.05, 3.63) is 0 Å². The maximum absolute atomic E-state index is 12.0. The van der Waals surface area contributed by atoms with E-state index < -0.39 is 0 Å². The number of rotatable bonds is 5. The number of carbonyl (C=O) groups excluding carboxylic acids is 1. The molecule has 0 aliphatic carbocycles. The van der Waals surface area contributed by atoms with Gasteiger partial charge in [0.1, 0.15) is 6.04 Å². The van der Waals surface area contributed by atoms with Crippen LogP contribution in [0.1, 0.15) is 53.4 Å². The lowest BCUT2D eigenvalue weighted by atomic mass is 9.90. The van der Waals surface area contributed by atoms with Crippen LogP contribution in [0.5, 0.6) is 0 Å². The molecule has 1 aliphatic rings. The van der Waals surface area contributed by atoms with Crippen molar-refractivity contribution in [1.29, 1.82) is 0 Å². The van der Waals surface area contributed by atoms with Crippen molar-refractivity contribution < 1.29 is 9.53 Å². The molecule has 17 heavy (non-hydrogen) atoms. The Morgan fingerprint density at radius 2 is 2.12 bits per heavy atom. The van der Waals surface area contributed by atoms with Crippen molar-refractivity contribution in [2.45, 2.75) is 65.5 Å². The summed E-state index contributed by atoms with van der Waals surface area (Å²) >= 11 is 0. The highest BCUT2D eigenvalue weighted by Crippen LogP contribution is 2.20. The van der Waals surface area contributed by atoms with E-state index in [1.807, 2.05) is 6.92 Å². The molecule has 1 rings (SSSR count). The summed E-state index contributed by atoms with van der Waals surface area (Å²) < 4.78 is 5.49. The number of ether oxygens (including phenoxy) is 1. The van der Waals surface area contributed by atoms with E-state index in [4.69, 9.17) is 4.74 Å². The second kappa shape index (κ2) is 7.00. The first kappa shape index (κ1) is 14.5. The number of piperidine rings is 1. The van der Waals surface area contributed by atoms with Crippen LogP contribution in [0.3, 0.4) is 0 Å². The largest absolute Gasteiger partial charge is 0.462 e. The second-order valence-electron chi connectivity index (χ2n) is 5.68. The first-order chi connectivity index (χ1) is 8.02. The molecule has 0 amide bonds. The molecule has 0 saturated carbocycles. The average Bonchev–Trinajstić information content (AvgIpc) is 2.27. The van der Waals surface area contributed by atoms with Crippen molar-refractivity contribution in [3.63, 3.8) is 0 Å². The SMILES string of the molecule is CCC1CCNC(C(=O)OC(C)CC(C)C)C1. The fourth-order valence-corrected chi connectivity index (χ4v) is 2.54. The normalized spacial score (nSPS) is 26.9. The molecule has 0 aromatic heterocycles. The third kappa shape index (κ3) is 5.07. The zero-order valence-electron chi connectivity index (χ0n) is 11.7. The van der Waals surface area contributed by atoms with Crippen LogP contribution in [0.2, 0.25) is 0 Å². The first-order valence-corrected chi connectivity index (χ1v) is 6.96. The van der Waals surface area contributed by atoms with Gasteiger partial charge in [0.15, 0.2) is 0 Å². The molecule has 1 fully saturated rings. The summed E-state index contributed by atoms with van der Waals surface area (Å²) in [5.41, 5.74) is 0. The summed E-state index contributed by atoms with van der Waals surface area (Å²) in [6.07, 6.45) is 4.25. The number of esters is 1. The summed E-state index contributed by atoms with van der Waals surface area (Å²) in [4.78, 5) is 12.0. The quantitative estimate of drug-likeness (QED) is 0.752. The lowest BCUT2D eigenvalue weighted by Gasteiger charge is -2.29. The molecule has 0 aromatic carbocycles. The Labute approximate surface area is 105 Å². The Bertz CT molecular complexity index is 240. The number of carbonyl (C=O) groups is 1. The molecule has 3 atom stereocenters. The molecule has 3 nitrogen and oxygen atoms in total. The van der Waals surface area contributed by atoms with Crippen molar-refractivity contribution in [2.24, 2.45) is 11.8 Å². The van der Waals surface area contributed by atoms with Crippen molar-refractivity contribution in [3.8, 4) is 0 Å². The Hall–Kier alpha value is -0.570. The molecule has 0 spiro atoms. The first-order valence-electron chi connectivity index (χ1n) is 6.96. The number of hydrogen-bond donors (Lipinski definition) is 1. The molecular weight excluding hydrogens is 214 g/mol. The van der Waals surface area contributed by atoms with Crippen LogP contribution in [-0.4, -0.2) is 24.7 Å². The molecule has 1 N–H and O–H groups in total. The Morgan fingerprint density at radius 1 is 1.41 bits per heavy atom. The summed E-state index contributed by atoms with van der Waals surface area (Å²) in [6, 6.07) is -0.0803. The third-order valence-corrected chi connectivity index (χ3v) is 3.49. The number of nitrogens with one attached hydrogen (secondary N) is 1. The minimum atomic E-state index is -0.0803. The predicted molar refractivity (Wildman–Crippen MR) is 69.8 cm³/mol. The molecule has 3 heteroatoms. The maximum atomic E-state index is 12.0. The van der Waals surface area contributed by atoms with E-state index >= 15 is 0 Å². The van der Waals surface area contributed by atoms with Gasteiger partial charge < -0.3 is 10.1 Å². The molecule has 0 bridgehead atoms. The van der Waals surface area contributed by atoms with Gasteiger partial charge in [-0.15, -0.1) is 0 Å². The summed E-state index contributed by atoms with van der Waals surface area (Å²) in [5, 5.41) is 3.27. The van der Waals surface area contributed by atoms with Gasteiger partial charge in [-0.25, -0.2) is 0 Å². The topological polar surface area (TPSA) is 38.3 Å². The zero-order chi connectivity index (χ0) is 12.8. The Kier molecular flexibility index (Phi) is 5.96. The van der Waals surface area contributed by atoms with Gasteiger partial charge in [-0.1, -0.05) is 27.2 Å². The summed E-state index contributed by atoms with van der Waals surface area (Å²) in [6.45, 7) is 9.42. The highest BCUT2D eigenvalue weighted by atomic mass is 16.5. The molecule has 1 saturated heterocycles. The predicted octanol–water partition coefficient (Wildman–Crippen LogP) is 2.74. The molecule has 3 unspecified atom stereocenters. The minimum absolute atomic E-state index is 0.0336. The molecule has 0 radical (unpaired) electrons. The smallest absolute Gasteiger partial charge is 0.323 e. The van der Waals surface area contributed by atoms with Crippen LogP contribution in [0, 0.1) is 11.8 Å². The van der Waals surface area contributed by atoms with Gasteiger partial charge in [-0.05, 0) is 44.6 Å². The van der Waals surface area contributed by atoms with E-state index in [1.54, 1.807) is 0 Å². The maximum Gasteiger partial charge on any atom is 0.323 e. The fourth-order valence-electron chi connectivity index (χ4n) is 2.54. The summed E-state index contributed by atoms with van der Waals surface area (Å²) in [5.74, 6) is 1.19. The molecule has 0 aromatic rings. The van der Waals surface area contributed by atoms with Crippen molar-refractivity contribution in [2.75, 3.05) is 6.54 Å². The lowest BCUT2D eigenvalue weighted by molar-refractivity contribution is -0.152. The fraction of sp³-hybridized carbons (Fsp3) is 0.929. The van der Waals surface area contributed by atoms with E-state index in [0.29, 0.717) is 11.8 Å². The molecule has 1 heterocycles. The van der Waals surface area contributed by atoms with Crippen molar-refractivity contribution in [1.82, 2.24) is 5.32 Å². The van der Waals surface area contributed by atoms with Crippen LogP contribution in [0.4, 0.5) is 0 Å². The molecule has 1 aliphatic heterocycles. The highest BCUT2D eigenvalue weighted by molar-refractivity contribution is 5.76. The Morgan fingerprint density at radius 3 is 2.71 bits per heavy atom. The zero-order valence-corrected chi connectivity index (χ0v) is 11.7. The number of hydrogen-bond acceptors (Lipinski definition) is 3. The van der Waals surface area contributed by atoms with Crippen molar-refractivity contribution >= 4 is 5.97 Å². The second-order valence-corrected chi connectivity index (χ2v) is 5.68. The van der Waals surface area contributed by atoms with Gasteiger partial charge in [-0.2, -0.15) is 0 Å². The van der Waals surface area contributed by atoms with Crippen LogP contribution in [0.25, 0.3) is 0 Å². The van der Waals surface area contributed by atoms with Gasteiger partial charge in [0, 0.05) is 0 Å². The highest BCUT2D eigenvalue weighted by Gasteiger charge is 2.28. The third-order valence-electron chi connectivity index (χ3n) is 3.49. The monoisotopic (exact) mass is 241 g/mol. The van der Waals surface area contributed by atoms with E-state index in [0.717, 1.165) is 25.8 Å². The van der Waals surface area contributed by atoms with E-state index in [1.165, 1.54) is 6.42 Å². The van der Waals surface area contributed by atoms with Gasteiger partial charge >= 0.3 is 5.97 Å². The summed E-state index contributed by atoms with van der Waals surface area (Å²) in [7, 11) is 0. The van der Waals surface area contributed by atoms with Gasteiger partial charge in [0.05, 0.1) is 6.10 Å². The molecular formula is C14H27NO2. The Balaban J connectivity index is 2.36. The van der Waals surface area contributed by atoms with Crippen LogP contribution < -0.4 is 5.32 Å². The minimum Gasteiger partial charge on any atom is -0.462 e. The van der Waals surface area contributed by atoms with E-state index in [-0.39, 0.29) is 18.1 Å². The average molecular weight is 241 g/mol. The van der Waals surface area contributed by atoms with Crippen LogP contribution in [-0.2, 0) is 9.53 Å². The van der Waals surface area contributed by atoms with Gasteiger partial charge in [-0.3, -0.25) is 4.79 Å². The van der Waals surface area contributed by atoms with Crippen LogP contribution >= 0.6 is 0 Å². The van der Waals surface area contributed by atoms with E-state index in [2.05, 4.69) is 26.1 Å². The van der Waals surface area contributed by atoms with E-state index in [9.17, 15) is 4.79 Å². The standard InChI is InChI=1S/C14H27NO2/c1-5-12-6-7-15-13(9-12)14(16)17-11(4)8-10(2)3/h10-13,15H,5-9H2,1-4H3. The molecule has 100 valence electrons. The van der Waals surface area contributed by atoms with Crippen LogP contribution in [0.15, 0.2) is 0 Å². The van der Waals surface area contributed by atoms with Gasteiger partial charge in [0.25, 0.3) is 0 Å². The van der Waals surface area contributed by atoms with Gasteiger partial charge in [0.2, 0.25) is 0 Å². The lowest BCUT2D eigenvalue weighted by Crippen LogP contribution is -2.45.